The van der Waals surface area contributed by atoms with Crippen molar-refractivity contribution in [2.45, 2.75) is 37.7 Å². The number of hydrazine groups is 1. The molecule has 0 bridgehead atoms. The average Bonchev–Trinajstić information content (AvgIpc) is 3.11. The summed E-state index contributed by atoms with van der Waals surface area (Å²) in [7, 11) is 0. The predicted octanol–water partition coefficient (Wildman–Crippen LogP) is 3.12. The van der Waals surface area contributed by atoms with Gasteiger partial charge in [-0.05, 0) is 44.9 Å². The van der Waals surface area contributed by atoms with Crippen LogP contribution in [-0.2, 0) is 4.74 Å². The predicted molar refractivity (Wildman–Crippen MR) is 98.7 cm³/mol. The Kier molecular flexibility index (Phi) is 5.88. The van der Waals surface area contributed by atoms with Crippen LogP contribution in [0.15, 0.2) is 35.2 Å². The molecule has 0 radical (unpaired) electrons. The first-order valence-electron chi connectivity index (χ1n) is 8.34. The molecule has 0 saturated carbocycles. The van der Waals surface area contributed by atoms with Crippen LogP contribution in [0, 0.1) is 13.8 Å². The van der Waals surface area contributed by atoms with Crippen LogP contribution >= 0.6 is 11.8 Å². The minimum atomic E-state index is -0.210. The monoisotopic (exact) mass is 358 g/mol. The molecule has 0 spiro atoms. The van der Waals surface area contributed by atoms with Gasteiger partial charge >= 0.3 is 0 Å². The maximum atomic E-state index is 12.5. The molecule has 1 saturated heterocycles. The highest BCUT2D eigenvalue weighted by Gasteiger charge is 2.18. The lowest BCUT2D eigenvalue weighted by atomic mass is 10.2. The first kappa shape index (κ1) is 17.7. The Hall–Kier alpha value is -2.12. The number of amides is 1. The van der Waals surface area contributed by atoms with Gasteiger partial charge in [0.2, 0.25) is 5.95 Å². The number of aryl methyl sites for hydroxylation is 2. The van der Waals surface area contributed by atoms with Crippen LogP contribution < -0.4 is 10.9 Å². The Labute approximate surface area is 151 Å². The van der Waals surface area contributed by atoms with Gasteiger partial charge < -0.3 is 4.74 Å². The second-order valence-electron chi connectivity index (χ2n) is 6.00. The standard InChI is InChI=1S/C18H22N4O2S/c1-12-10-13(2)20-18(19-12)22-21-17(23)15-7-3-4-8-16(15)25-11-14-6-5-9-24-14/h3-4,7-8,10,14H,5-6,9,11H2,1-2H3,(H,21,23)(H,19,20,22)/t14-/m0/s1. The zero-order valence-corrected chi connectivity index (χ0v) is 15.2. The van der Waals surface area contributed by atoms with Crippen molar-refractivity contribution in [1.82, 2.24) is 15.4 Å². The smallest absolute Gasteiger partial charge is 0.270 e. The molecule has 6 nitrogen and oxygen atoms in total. The highest BCUT2D eigenvalue weighted by molar-refractivity contribution is 7.99. The van der Waals surface area contributed by atoms with Gasteiger partial charge in [0.15, 0.2) is 0 Å². The molecule has 1 fully saturated rings. The Morgan fingerprint density at radius 2 is 2.04 bits per heavy atom. The van der Waals surface area contributed by atoms with Crippen LogP contribution in [0.2, 0.25) is 0 Å². The second-order valence-corrected chi connectivity index (χ2v) is 7.06. The first-order chi connectivity index (χ1) is 12.1. The van der Waals surface area contributed by atoms with Gasteiger partial charge in [0, 0.05) is 28.6 Å². The molecule has 132 valence electrons. The number of carbonyl (C=O) groups is 1. The van der Waals surface area contributed by atoms with Crippen LogP contribution in [0.1, 0.15) is 34.6 Å². The van der Waals surface area contributed by atoms with Crippen molar-refractivity contribution in [2.75, 3.05) is 17.8 Å². The summed E-state index contributed by atoms with van der Waals surface area (Å²) in [5.74, 6) is 1.03. The molecule has 25 heavy (non-hydrogen) atoms. The minimum Gasteiger partial charge on any atom is -0.377 e. The molecule has 2 heterocycles. The summed E-state index contributed by atoms with van der Waals surface area (Å²) in [6.45, 7) is 4.62. The Morgan fingerprint density at radius 1 is 1.28 bits per heavy atom. The van der Waals surface area contributed by atoms with Crippen LogP contribution in [-0.4, -0.2) is 34.3 Å². The zero-order valence-electron chi connectivity index (χ0n) is 14.4. The number of nitrogens with zero attached hydrogens (tertiary/aromatic N) is 2. The lowest BCUT2D eigenvalue weighted by molar-refractivity contribution is 0.0959. The molecule has 1 aromatic carbocycles. The van der Waals surface area contributed by atoms with Gasteiger partial charge in [-0.25, -0.2) is 9.97 Å². The van der Waals surface area contributed by atoms with Gasteiger partial charge in [0.1, 0.15) is 0 Å². The molecule has 1 aliphatic heterocycles. The van der Waals surface area contributed by atoms with E-state index in [1.165, 1.54) is 0 Å². The number of carbonyl (C=O) groups excluding carboxylic acids is 1. The number of hydrogen-bond acceptors (Lipinski definition) is 6. The van der Waals surface area contributed by atoms with E-state index in [2.05, 4.69) is 20.8 Å². The summed E-state index contributed by atoms with van der Waals surface area (Å²) in [5, 5.41) is 0. The Bertz CT molecular complexity index is 727. The van der Waals surface area contributed by atoms with E-state index in [-0.39, 0.29) is 12.0 Å². The lowest BCUT2D eigenvalue weighted by Crippen LogP contribution is -2.31. The van der Waals surface area contributed by atoms with Crippen molar-refractivity contribution in [3.8, 4) is 0 Å². The van der Waals surface area contributed by atoms with Gasteiger partial charge in [-0.2, -0.15) is 0 Å². The maximum absolute atomic E-state index is 12.5. The summed E-state index contributed by atoms with van der Waals surface area (Å²) in [6, 6.07) is 9.45. The fraction of sp³-hybridized carbons (Fsp3) is 0.389. The van der Waals surface area contributed by atoms with E-state index >= 15 is 0 Å². The molecular formula is C18H22N4O2S. The molecule has 3 rings (SSSR count). The van der Waals surface area contributed by atoms with Gasteiger partial charge in [-0.1, -0.05) is 12.1 Å². The van der Waals surface area contributed by atoms with Gasteiger partial charge in [-0.15, -0.1) is 11.8 Å². The summed E-state index contributed by atoms with van der Waals surface area (Å²) < 4.78 is 5.65. The van der Waals surface area contributed by atoms with Gasteiger partial charge in [0.05, 0.1) is 11.7 Å². The topological polar surface area (TPSA) is 76.1 Å². The third-order valence-electron chi connectivity index (χ3n) is 3.85. The third-order valence-corrected chi connectivity index (χ3v) is 5.06. The van der Waals surface area contributed by atoms with Crippen LogP contribution in [0.4, 0.5) is 5.95 Å². The molecule has 1 atom stereocenters. The SMILES string of the molecule is Cc1cc(C)nc(NNC(=O)c2ccccc2SC[C@@H]2CCCO2)n1. The lowest BCUT2D eigenvalue weighted by Gasteiger charge is -2.13. The fourth-order valence-electron chi connectivity index (χ4n) is 2.70. The minimum absolute atomic E-state index is 0.210. The number of benzene rings is 1. The fourth-order valence-corrected chi connectivity index (χ4v) is 3.82. The highest BCUT2D eigenvalue weighted by Crippen LogP contribution is 2.26. The van der Waals surface area contributed by atoms with Crippen LogP contribution in [0.25, 0.3) is 0 Å². The van der Waals surface area contributed by atoms with Crippen LogP contribution in [0.3, 0.4) is 0 Å². The summed E-state index contributed by atoms with van der Waals surface area (Å²) in [4.78, 5) is 22.0. The van der Waals surface area contributed by atoms with E-state index in [0.29, 0.717) is 11.5 Å². The summed E-state index contributed by atoms with van der Waals surface area (Å²) >= 11 is 1.65. The number of thioether (sulfide) groups is 1. The molecule has 1 aliphatic rings. The van der Waals surface area contributed by atoms with Gasteiger partial charge in [-0.3, -0.25) is 15.6 Å². The van der Waals surface area contributed by atoms with Crippen molar-refractivity contribution in [3.05, 3.63) is 47.3 Å². The average molecular weight is 358 g/mol. The molecule has 0 aliphatic carbocycles. The van der Waals surface area contributed by atoms with Crippen molar-refractivity contribution in [1.29, 1.82) is 0 Å². The van der Waals surface area contributed by atoms with E-state index in [0.717, 1.165) is 41.5 Å². The molecule has 1 amide bonds. The number of ether oxygens (including phenoxy) is 1. The van der Waals surface area contributed by atoms with Crippen LogP contribution in [0.5, 0.6) is 0 Å². The Balaban J connectivity index is 1.63. The number of nitrogens with one attached hydrogen (secondary N) is 2. The molecule has 7 heteroatoms. The summed E-state index contributed by atoms with van der Waals surface area (Å²) in [6.07, 6.45) is 2.49. The summed E-state index contributed by atoms with van der Waals surface area (Å²) in [5.41, 5.74) is 7.79. The Morgan fingerprint density at radius 3 is 2.76 bits per heavy atom. The zero-order chi connectivity index (χ0) is 17.6. The number of rotatable bonds is 6. The van der Waals surface area contributed by atoms with Crippen molar-refractivity contribution < 1.29 is 9.53 Å². The quantitative estimate of drug-likeness (QED) is 0.610. The number of anilines is 1. The first-order valence-corrected chi connectivity index (χ1v) is 9.32. The van der Waals surface area contributed by atoms with E-state index < -0.39 is 0 Å². The maximum Gasteiger partial charge on any atom is 0.270 e. The second kappa shape index (κ2) is 8.31. The highest BCUT2D eigenvalue weighted by atomic mass is 32.2. The van der Waals surface area contributed by atoms with E-state index in [4.69, 9.17) is 4.74 Å². The number of hydrogen-bond donors (Lipinski definition) is 2. The van der Waals surface area contributed by atoms with Gasteiger partial charge in [0.25, 0.3) is 5.91 Å². The van der Waals surface area contributed by atoms with E-state index in [1.807, 2.05) is 44.2 Å². The van der Waals surface area contributed by atoms with Crippen molar-refractivity contribution in [2.24, 2.45) is 0 Å². The number of aromatic nitrogens is 2. The van der Waals surface area contributed by atoms with Crippen molar-refractivity contribution >= 4 is 23.6 Å². The normalized spacial score (nSPS) is 16.6. The van der Waals surface area contributed by atoms with Crippen molar-refractivity contribution in [3.63, 3.8) is 0 Å². The van der Waals surface area contributed by atoms with E-state index in [9.17, 15) is 4.79 Å². The third kappa shape index (κ3) is 4.93. The largest absolute Gasteiger partial charge is 0.377 e. The molecule has 2 aromatic rings. The molecular weight excluding hydrogens is 336 g/mol. The molecule has 0 unspecified atom stereocenters. The van der Waals surface area contributed by atoms with E-state index in [1.54, 1.807) is 11.8 Å². The molecule has 2 N–H and O–H groups in total. The molecule has 1 aromatic heterocycles.